The smallest absolute Gasteiger partial charge is 0.0110 e. The molecule has 3 heteroatoms. The number of rotatable bonds is 3. The average Bonchev–Trinajstić information content (AvgIpc) is 2.20. The maximum atomic E-state index is 3.38. The van der Waals surface area contributed by atoms with E-state index in [0.717, 1.165) is 0 Å². The summed E-state index contributed by atoms with van der Waals surface area (Å²) in [6.07, 6.45) is 1.42. The zero-order valence-electron chi connectivity index (χ0n) is 9.76. The Bertz CT molecular complexity index is 128. The molecule has 0 bridgehead atoms. The van der Waals surface area contributed by atoms with E-state index in [4.69, 9.17) is 0 Å². The minimum atomic E-state index is 1.18. The number of hydrogen-bond acceptors (Lipinski definition) is 3. The summed E-state index contributed by atoms with van der Waals surface area (Å²) in [6, 6.07) is 0. The van der Waals surface area contributed by atoms with Gasteiger partial charge in [-0.25, -0.2) is 0 Å². The van der Waals surface area contributed by atoms with Crippen molar-refractivity contribution in [1.29, 1.82) is 0 Å². The Labute approximate surface area is 88.5 Å². The molecule has 2 fully saturated rings. The number of nitrogens with one attached hydrogen (secondary N) is 1. The standard InChI is InChI=1S/C9H19N3.C2H6/c1-4-11(5-1)8-9-12-6-2-10-3-7-12;1-2/h10H,1-9H2;1-2H3. The van der Waals surface area contributed by atoms with Crippen molar-refractivity contribution in [3.05, 3.63) is 0 Å². The van der Waals surface area contributed by atoms with Gasteiger partial charge in [-0.1, -0.05) is 13.8 Å². The van der Waals surface area contributed by atoms with Crippen LogP contribution in [0, 0.1) is 0 Å². The monoisotopic (exact) mass is 199 g/mol. The Morgan fingerprint density at radius 2 is 1.36 bits per heavy atom. The highest BCUT2D eigenvalue weighted by molar-refractivity contribution is 4.73. The van der Waals surface area contributed by atoms with Gasteiger partial charge in [-0.2, -0.15) is 0 Å². The molecule has 0 aliphatic carbocycles. The van der Waals surface area contributed by atoms with Crippen molar-refractivity contribution in [3.8, 4) is 0 Å². The second-order valence-electron chi connectivity index (χ2n) is 3.79. The summed E-state index contributed by atoms with van der Waals surface area (Å²) in [5.41, 5.74) is 0. The summed E-state index contributed by atoms with van der Waals surface area (Å²) in [5.74, 6) is 0. The predicted molar refractivity (Wildman–Crippen MR) is 61.7 cm³/mol. The van der Waals surface area contributed by atoms with E-state index in [9.17, 15) is 0 Å². The summed E-state index contributed by atoms with van der Waals surface area (Å²) in [4.78, 5) is 5.11. The van der Waals surface area contributed by atoms with Crippen LogP contribution in [-0.2, 0) is 0 Å². The van der Waals surface area contributed by atoms with E-state index in [1.807, 2.05) is 13.8 Å². The average molecular weight is 199 g/mol. The van der Waals surface area contributed by atoms with E-state index in [-0.39, 0.29) is 0 Å². The molecule has 2 rings (SSSR count). The fourth-order valence-electron chi connectivity index (χ4n) is 1.82. The molecular formula is C11H25N3. The quantitative estimate of drug-likeness (QED) is 0.719. The van der Waals surface area contributed by atoms with E-state index in [1.165, 1.54) is 58.8 Å². The first-order chi connectivity index (χ1) is 6.95. The molecule has 0 atom stereocenters. The SMILES string of the molecule is C1CN(CCN2CCNCC2)C1.CC. The minimum Gasteiger partial charge on any atom is -0.314 e. The highest BCUT2D eigenvalue weighted by Crippen LogP contribution is 2.04. The molecule has 0 spiro atoms. The molecule has 14 heavy (non-hydrogen) atoms. The molecule has 0 amide bonds. The third-order valence-corrected chi connectivity index (χ3v) is 2.89. The van der Waals surface area contributed by atoms with Crippen molar-refractivity contribution < 1.29 is 0 Å². The molecule has 0 unspecified atom stereocenters. The molecule has 0 saturated carbocycles. The van der Waals surface area contributed by atoms with Gasteiger partial charge in [-0.05, 0) is 19.5 Å². The fraction of sp³-hybridized carbons (Fsp3) is 1.00. The normalized spacial score (nSPS) is 23.6. The van der Waals surface area contributed by atoms with Gasteiger partial charge in [0.1, 0.15) is 0 Å². The van der Waals surface area contributed by atoms with Crippen LogP contribution < -0.4 is 5.32 Å². The van der Waals surface area contributed by atoms with Gasteiger partial charge in [0.25, 0.3) is 0 Å². The maximum Gasteiger partial charge on any atom is 0.0110 e. The third-order valence-electron chi connectivity index (χ3n) is 2.89. The summed E-state index contributed by atoms with van der Waals surface area (Å²) < 4.78 is 0. The van der Waals surface area contributed by atoms with Crippen molar-refractivity contribution in [2.45, 2.75) is 20.3 Å². The molecule has 1 N–H and O–H groups in total. The van der Waals surface area contributed by atoms with E-state index in [0.29, 0.717) is 0 Å². The van der Waals surface area contributed by atoms with Crippen molar-refractivity contribution >= 4 is 0 Å². The number of hydrogen-bond donors (Lipinski definition) is 1. The molecule has 2 aliphatic rings. The van der Waals surface area contributed by atoms with Gasteiger partial charge >= 0.3 is 0 Å². The highest BCUT2D eigenvalue weighted by Gasteiger charge is 2.15. The van der Waals surface area contributed by atoms with Crippen LogP contribution in [0.4, 0.5) is 0 Å². The van der Waals surface area contributed by atoms with Crippen molar-refractivity contribution in [2.24, 2.45) is 0 Å². The van der Waals surface area contributed by atoms with Crippen LogP contribution in [0.1, 0.15) is 20.3 Å². The lowest BCUT2D eigenvalue weighted by atomic mass is 10.2. The first kappa shape index (κ1) is 12.0. The number of piperazine rings is 1. The van der Waals surface area contributed by atoms with Crippen LogP contribution in [0.3, 0.4) is 0 Å². The lowest BCUT2D eigenvalue weighted by Crippen LogP contribution is -2.48. The van der Waals surface area contributed by atoms with Gasteiger partial charge < -0.3 is 10.2 Å². The van der Waals surface area contributed by atoms with Gasteiger partial charge in [-0.15, -0.1) is 0 Å². The van der Waals surface area contributed by atoms with Gasteiger partial charge in [0.15, 0.2) is 0 Å². The molecule has 2 heterocycles. The zero-order valence-corrected chi connectivity index (χ0v) is 9.76. The third kappa shape index (κ3) is 3.95. The lowest BCUT2D eigenvalue weighted by Gasteiger charge is -2.34. The van der Waals surface area contributed by atoms with E-state index in [2.05, 4.69) is 15.1 Å². The molecule has 0 radical (unpaired) electrons. The summed E-state index contributed by atoms with van der Waals surface area (Å²) in [6.45, 7) is 14.1. The largest absolute Gasteiger partial charge is 0.314 e. The van der Waals surface area contributed by atoms with Gasteiger partial charge in [0.05, 0.1) is 0 Å². The Morgan fingerprint density at radius 3 is 1.79 bits per heavy atom. The first-order valence-corrected chi connectivity index (χ1v) is 6.10. The van der Waals surface area contributed by atoms with Gasteiger partial charge in [0.2, 0.25) is 0 Å². The number of nitrogens with zero attached hydrogens (tertiary/aromatic N) is 2. The highest BCUT2D eigenvalue weighted by atomic mass is 15.2. The maximum absolute atomic E-state index is 3.38. The molecule has 84 valence electrons. The second-order valence-corrected chi connectivity index (χ2v) is 3.79. The van der Waals surface area contributed by atoms with Crippen molar-refractivity contribution in [2.75, 3.05) is 52.4 Å². The summed E-state index contributed by atoms with van der Waals surface area (Å²) in [7, 11) is 0. The molecule has 0 aromatic rings. The molecule has 0 aromatic carbocycles. The molecule has 0 aromatic heterocycles. The molecule has 2 saturated heterocycles. The van der Waals surface area contributed by atoms with E-state index in [1.54, 1.807) is 0 Å². The van der Waals surface area contributed by atoms with Crippen LogP contribution in [0.25, 0.3) is 0 Å². The fourth-order valence-corrected chi connectivity index (χ4v) is 1.82. The number of likely N-dealkylation sites (tertiary alicyclic amines) is 1. The van der Waals surface area contributed by atoms with Crippen LogP contribution in [0.5, 0.6) is 0 Å². The minimum absolute atomic E-state index is 1.18. The van der Waals surface area contributed by atoms with Crippen LogP contribution in [-0.4, -0.2) is 62.2 Å². The predicted octanol–water partition coefficient (Wildman–Crippen LogP) is 0.623. The Kier molecular flexibility index (Phi) is 6.15. The second kappa shape index (κ2) is 7.21. The lowest BCUT2D eigenvalue weighted by molar-refractivity contribution is 0.141. The van der Waals surface area contributed by atoms with E-state index >= 15 is 0 Å². The van der Waals surface area contributed by atoms with E-state index < -0.39 is 0 Å². The topological polar surface area (TPSA) is 18.5 Å². The van der Waals surface area contributed by atoms with Gasteiger partial charge in [0, 0.05) is 39.3 Å². The van der Waals surface area contributed by atoms with Crippen LogP contribution >= 0.6 is 0 Å². The zero-order chi connectivity index (χ0) is 10.2. The van der Waals surface area contributed by atoms with Gasteiger partial charge in [-0.3, -0.25) is 4.90 Å². The Balaban J connectivity index is 0.000000461. The first-order valence-electron chi connectivity index (χ1n) is 6.10. The van der Waals surface area contributed by atoms with Crippen LogP contribution in [0.15, 0.2) is 0 Å². The van der Waals surface area contributed by atoms with Crippen LogP contribution in [0.2, 0.25) is 0 Å². The summed E-state index contributed by atoms with van der Waals surface area (Å²) in [5, 5.41) is 3.38. The van der Waals surface area contributed by atoms with Crippen molar-refractivity contribution in [3.63, 3.8) is 0 Å². The molecular weight excluding hydrogens is 174 g/mol. The van der Waals surface area contributed by atoms with Crippen molar-refractivity contribution in [1.82, 2.24) is 15.1 Å². The Hall–Kier alpha value is -0.120. The summed E-state index contributed by atoms with van der Waals surface area (Å²) >= 11 is 0. The molecule has 3 nitrogen and oxygen atoms in total. The molecule has 2 aliphatic heterocycles. The Morgan fingerprint density at radius 1 is 0.857 bits per heavy atom.